The maximum absolute atomic E-state index is 11.8. The van der Waals surface area contributed by atoms with Crippen LogP contribution in [0.4, 0.5) is 10.5 Å². The Morgan fingerprint density at radius 3 is 2.70 bits per heavy atom. The fraction of sp³-hybridized carbons (Fsp3) is 0.385. The molecule has 1 atom stereocenters. The van der Waals surface area contributed by atoms with Crippen LogP contribution in [-0.4, -0.2) is 35.2 Å². The van der Waals surface area contributed by atoms with Crippen molar-refractivity contribution in [3.8, 4) is 0 Å². The molecular weight excluding hydrogens is 300 g/mol. The topological polar surface area (TPSA) is 78.4 Å². The molecule has 0 heterocycles. The summed E-state index contributed by atoms with van der Waals surface area (Å²) in [5.41, 5.74) is 1.42. The molecule has 0 fully saturated rings. The number of rotatable bonds is 6. The van der Waals surface area contributed by atoms with E-state index in [1.807, 2.05) is 19.2 Å². The predicted octanol–water partition coefficient (Wildman–Crippen LogP) is 2.98. The Hall–Kier alpha value is -1.40. The minimum Gasteiger partial charge on any atom is -0.480 e. The highest BCUT2D eigenvalue weighted by Crippen LogP contribution is 2.22. The number of nitrogens with one attached hydrogen (secondary N) is 2. The van der Waals surface area contributed by atoms with E-state index >= 15 is 0 Å². The Morgan fingerprint density at radius 1 is 1.45 bits per heavy atom. The number of urea groups is 1. The minimum absolute atomic E-state index is 0.367. The summed E-state index contributed by atoms with van der Waals surface area (Å²) in [5.74, 6) is -0.396. The van der Waals surface area contributed by atoms with Crippen LogP contribution in [0.3, 0.4) is 0 Å². The van der Waals surface area contributed by atoms with Crippen LogP contribution < -0.4 is 10.6 Å². The van der Waals surface area contributed by atoms with Crippen LogP contribution in [0.5, 0.6) is 0 Å². The molecule has 0 saturated heterocycles. The molecule has 0 spiro atoms. The molecule has 0 aliphatic carbocycles. The largest absolute Gasteiger partial charge is 0.480 e. The van der Waals surface area contributed by atoms with Crippen LogP contribution in [0.15, 0.2) is 18.2 Å². The molecule has 2 amide bonds. The quantitative estimate of drug-likeness (QED) is 0.754. The van der Waals surface area contributed by atoms with E-state index in [9.17, 15) is 9.59 Å². The van der Waals surface area contributed by atoms with E-state index in [0.29, 0.717) is 22.9 Å². The lowest BCUT2D eigenvalue weighted by atomic mass is 10.2. The molecule has 0 aromatic heterocycles. The highest BCUT2D eigenvalue weighted by atomic mass is 35.5. The van der Waals surface area contributed by atoms with Gasteiger partial charge in [0.15, 0.2) is 0 Å². The first-order valence-corrected chi connectivity index (χ1v) is 7.76. The number of anilines is 1. The Kier molecular flexibility index (Phi) is 6.67. The Bertz CT molecular complexity index is 497. The first kappa shape index (κ1) is 16.7. The van der Waals surface area contributed by atoms with Gasteiger partial charge in [-0.25, -0.2) is 9.59 Å². The molecular formula is C13H17ClN2O3S. The monoisotopic (exact) mass is 316 g/mol. The van der Waals surface area contributed by atoms with Crippen molar-refractivity contribution in [1.82, 2.24) is 5.32 Å². The van der Waals surface area contributed by atoms with Crippen LogP contribution in [0, 0.1) is 6.92 Å². The fourth-order valence-electron chi connectivity index (χ4n) is 1.53. The van der Waals surface area contributed by atoms with Gasteiger partial charge in [-0.15, -0.1) is 0 Å². The SMILES string of the molecule is CSCCC(NC(=O)Nc1ccc(C)cc1Cl)C(=O)O. The van der Waals surface area contributed by atoms with Crippen LogP contribution in [0.25, 0.3) is 0 Å². The Labute approximate surface area is 127 Å². The van der Waals surface area contributed by atoms with Gasteiger partial charge >= 0.3 is 12.0 Å². The number of carbonyl (C=O) groups excluding carboxylic acids is 1. The van der Waals surface area contributed by atoms with Gasteiger partial charge in [-0.2, -0.15) is 11.8 Å². The number of thioether (sulfide) groups is 1. The summed E-state index contributed by atoms with van der Waals surface area (Å²) in [6.45, 7) is 1.89. The molecule has 1 aromatic rings. The van der Waals surface area contributed by atoms with Gasteiger partial charge in [-0.1, -0.05) is 17.7 Å². The second-order valence-corrected chi connectivity index (χ2v) is 5.65. The van der Waals surface area contributed by atoms with Crippen molar-refractivity contribution >= 4 is 41.1 Å². The maximum Gasteiger partial charge on any atom is 0.326 e. The number of amides is 2. The number of hydrogen-bond acceptors (Lipinski definition) is 3. The molecule has 3 N–H and O–H groups in total. The van der Waals surface area contributed by atoms with Crippen molar-refractivity contribution in [2.75, 3.05) is 17.3 Å². The van der Waals surface area contributed by atoms with E-state index in [0.717, 1.165) is 5.56 Å². The first-order chi connectivity index (χ1) is 9.43. The number of aliphatic carboxylic acids is 1. The van der Waals surface area contributed by atoms with Crippen molar-refractivity contribution < 1.29 is 14.7 Å². The molecule has 20 heavy (non-hydrogen) atoms. The van der Waals surface area contributed by atoms with E-state index in [4.69, 9.17) is 16.7 Å². The lowest BCUT2D eigenvalue weighted by molar-refractivity contribution is -0.139. The third-order valence-electron chi connectivity index (χ3n) is 2.59. The normalized spacial score (nSPS) is 11.8. The third-order valence-corrected chi connectivity index (χ3v) is 3.54. The zero-order chi connectivity index (χ0) is 15.1. The van der Waals surface area contributed by atoms with Gasteiger partial charge in [0.25, 0.3) is 0 Å². The summed E-state index contributed by atoms with van der Waals surface area (Å²) < 4.78 is 0. The number of hydrogen-bond donors (Lipinski definition) is 3. The van der Waals surface area contributed by atoms with Gasteiger partial charge in [0.1, 0.15) is 6.04 Å². The second-order valence-electron chi connectivity index (χ2n) is 4.25. The standard InChI is InChI=1S/C13H17ClN2O3S/c1-8-3-4-10(9(14)7-8)15-13(19)16-11(12(17)18)5-6-20-2/h3-4,7,11H,5-6H2,1-2H3,(H,17,18)(H2,15,16,19). The molecule has 0 bridgehead atoms. The van der Waals surface area contributed by atoms with Crippen molar-refractivity contribution in [2.45, 2.75) is 19.4 Å². The van der Waals surface area contributed by atoms with Gasteiger partial charge in [0.2, 0.25) is 0 Å². The van der Waals surface area contributed by atoms with E-state index in [1.165, 1.54) is 11.8 Å². The maximum atomic E-state index is 11.8. The van der Waals surface area contributed by atoms with Crippen LogP contribution in [-0.2, 0) is 4.79 Å². The summed E-state index contributed by atoms with van der Waals surface area (Å²) in [5, 5.41) is 14.4. The summed E-state index contributed by atoms with van der Waals surface area (Å²) in [6, 6.07) is 3.72. The smallest absolute Gasteiger partial charge is 0.326 e. The Morgan fingerprint density at radius 2 is 2.15 bits per heavy atom. The van der Waals surface area contributed by atoms with Crippen LogP contribution in [0.2, 0.25) is 5.02 Å². The number of carboxylic acids is 1. The van der Waals surface area contributed by atoms with Crippen LogP contribution in [0.1, 0.15) is 12.0 Å². The molecule has 0 saturated carbocycles. The first-order valence-electron chi connectivity index (χ1n) is 5.99. The van der Waals surface area contributed by atoms with Crippen LogP contribution >= 0.6 is 23.4 Å². The highest BCUT2D eigenvalue weighted by Gasteiger charge is 2.19. The zero-order valence-corrected chi connectivity index (χ0v) is 12.8. The summed E-state index contributed by atoms with van der Waals surface area (Å²) in [4.78, 5) is 22.8. The molecule has 1 rings (SSSR count). The van der Waals surface area contributed by atoms with Gasteiger partial charge < -0.3 is 15.7 Å². The molecule has 0 radical (unpaired) electrons. The zero-order valence-electron chi connectivity index (χ0n) is 11.3. The van der Waals surface area contributed by atoms with Gasteiger partial charge in [0, 0.05) is 0 Å². The van der Waals surface area contributed by atoms with E-state index < -0.39 is 18.0 Å². The Balaban J connectivity index is 2.63. The van der Waals surface area contributed by atoms with Gasteiger partial charge in [-0.05, 0) is 43.0 Å². The number of carboxylic acid groups (broad SMARTS) is 1. The van der Waals surface area contributed by atoms with Gasteiger partial charge in [-0.3, -0.25) is 0 Å². The average Bonchev–Trinajstić information content (AvgIpc) is 2.37. The summed E-state index contributed by atoms with van der Waals surface area (Å²) in [6.07, 6.45) is 2.25. The lowest BCUT2D eigenvalue weighted by Gasteiger charge is -2.15. The van der Waals surface area contributed by atoms with Crippen molar-refractivity contribution in [2.24, 2.45) is 0 Å². The van der Waals surface area contributed by atoms with E-state index in [2.05, 4.69) is 10.6 Å². The second kappa shape index (κ2) is 8.01. The molecule has 5 nitrogen and oxygen atoms in total. The lowest BCUT2D eigenvalue weighted by Crippen LogP contribution is -2.43. The molecule has 1 aromatic carbocycles. The van der Waals surface area contributed by atoms with Gasteiger partial charge in [0.05, 0.1) is 10.7 Å². The van der Waals surface area contributed by atoms with Crippen molar-refractivity contribution in [1.29, 1.82) is 0 Å². The molecule has 110 valence electrons. The van der Waals surface area contributed by atoms with E-state index in [-0.39, 0.29) is 0 Å². The molecule has 7 heteroatoms. The highest BCUT2D eigenvalue weighted by molar-refractivity contribution is 7.98. The predicted molar refractivity (Wildman–Crippen MR) is 82.8 cm³/mol. The fourth-order valence-corrected chi connectivity index (χ4v) is 2.28. The number of halogens is 1. The number of aryl methyl sites for hydroxylation is 1. The van der Waals surface area contributed by atoms with Crippen molar-refractivity contribution in [3.63, 3.8) is 0 Å². The molecule has 1 unspecified atom stereocenters. The number of benzene rings is 1. The third kappa shape index (κ3) is 5.30. The minimum atomic E-state index is -1.05. The van der Waals surface area contributed by atoms with E-state index in [1.54, 1.807) is 12.1 Å². The number of carbonyl (C=O) groups is 2. The average molecular weight is 317 g/mol. The van der Waals surface area contributed by atoms with Crippen molar-refractivity contribution in [3.05, 3.63) is 28.8 Å². The molecule has 0 aliphatic rings. The summed E-state index contributed by atoms with van der Waals surface area (Å²) >= 11 is 7.52. The summed E-state index contributed by atoms with van der Waals surface area (Å²) in [7, 11) is 0. The molecule has 0 aliphatic heterocycles.